The van der Waals surface area contributed by atoms with Crippen LogP contribution in [-0.4, -0.2) is 77.5 Å². The van der Waals surface area contributed by atoms with E-state index < -0.39 is 51.8 Å². The molecule has 4 aromatic rings. The van der Waals surface area contributed by atoms with Crippen molar-refractivity contribution in [2.45, 2.75) is 23.6 Å². The quantitative estimate of drug-likeness (QED) is 0.0276. The third kappa shape index (κ3) is 10.3. The Balaban J connectivity index is 0.000000895. The van der Waals surface area contributed by atoms with Gasteiger partial charge < -0.3 is 24.8 Å². The van der Waals surface area contributed by atoms with Gasteiger partial charge in [-0.05, 0) is 22.8 Å². The van der Waals surface area contributed by atoms with E-state index in [2.05, 4.69) is 31.5 Å². The number of pyridine rings is 1. The van der Waals surface area contributed by atoms with E-state index in [1.54, 1.807) is 11.5 Å². The van der Waals surface area contributed by atoms with Crippen molar-refractivity contribution < 1.29 is 50.5 Å². The van der Waals surface area contributed by atoms with Crippen LogP contribution in [0.25, 0.3) is 0 Å². The highest BCUT2D eigenvalue weighted by molar-refractivity contribution is 8.00. The van der Waals surface area contributed by atoms with Crippen LogP contribution in [-0.2, 0) is 50.4 Å². The van der Waals surface area contributed by atoms with Gasteiger partial charge in [0.1, 0.15) is 36.1 Å². The lowest BCUT2D eigenvalue weighted by molar-refractivity contribution is -0.672. The summed E-state index contributed by atoms with van der Waals surface area (Å²) in [5, 5.41) is 10.7. The first-order valence-corrected chi connectivity index (χ1v) is 19.4. The molecule has 0 bridgehead atoms. The number of nitrogens with one attached hydrogen (secondary N) is 2. The van der Waals surface area contributed by atoms with Gasteiger partial charge >= 0.3 is 5.97 Å². The number of aromatic nitrogens is 2. The van der Waals surface area contributed by atoms with Gasteiger partial charge in [0.05, 0.1) is 12.7 Å². The number of benzene rings is 2. The minimum atomic E-state index is -4.41. The lowest BCUT2D eigenvalue weighted by atomic mass is 10.0. The largest absolute Gasteiger partial charge is 0.726 e. The van der Waals surface area contributed by atoms with E-state index in [9.17, 15) is 32.1 Å². The first-order chi connectivity index (χ1) is 26.4. The zero-order valence-corrected chi connectivity index (χ0v) is 31.7. The number of hydrogen-bond donors (Lipinski definition) is 2. The minimum Gasteiger partial charge on any atom is -0.726 e. The predicted molar refractivity (Wildman–Crippen MR) is 201 cm³/mol. The molecule has 2 aromatic carbocycles. The maximum Gasteiger partial charge on any atom is 0.356 e. The Bertz CT molecular complexity index is 2160. The summed E-state index contributed by atoms with van der Waals surface area (Å²) in [4.78, 5) is 62.6. The molecule has 286 valence electrons. The van der Waals surface area contributed by atoms with Gasteiger partial charge in [0.25, 0.3) is 11.8 Å². The molecule has 0 aliphatic carbocycles. The molecule has 3 atom stereocenters. The Kier molecular flexibility index (Phi) is 13.6. The molecule has 4 heterocycles. The fraction of sp³-hybridized carbons (Fsp3) is 0.194. The number of hydrogen-bond acceptors (Lipinski definition) is 14. The summed E-state index contributed by atoms with van der Waals surface area (Å²) >= 11 is 2.62. The van der Waals surface area contributed by atoms with Gasteiger partial charge in [-0.1, -0.05) is 78.5 Å². The van der Waals surface area contributed by atoms with E-state index >= 15 is 0 Å². The molecule has 16 nitrogen and oxygen atoms in total. The van der Waals surface area contributed by atoms with Gasteiger partial charge in [-0.15, -0.1) is 23.1 Å². The number of anilines is 1. The highest BCUT2D eigenvalue weighted by Crippen LogP contribution is 2.42. The topological polar surface area (TPSA) is 210 Å². The van der Waals surface area contributed by atoms with Crippen molar-refractivity contribution in [3.63, 3.8) is 0 Å². The van der Waals surface area contributed by atoms with Gasteiger partial charge in [-0.3, -0.25) is 23.5 Å². The fourth-order valence-electron chi connectivity index (χ4n) is 5.44. The van der Waals surface area contributed by atoms with Crippen LogP contribution in [0.15, 0.2) is 120 Å². The van der Waals surface area contributed by atoms with E-state index in [0.29, 0.717) is 34.1 Å². The normalized spacial score (nSPS) is 16.9. The van der Waals surface area contributed by atoms with Crippen molar-refractivity contribution in [3.05, 3.63) is 137 Å². The van der Waals surface area contributed by atoms with Crippen LogP contribution >= 0.6 is 23.1 Å². The number of ether oxygens (including phenoxy) is 1. The molecule has 3 amide bonds. The molecule has 2 N–H and O–H groups in total. The van der Waals surface area contributed by atoms with Crippen molar-refractivity contribution in [1.82, 2.24) is 15.2 Å². The van der Waals surface area contributed by atoms with E-state index in [4.69, 9.17) is 9.57 Å². The molecule has 55 heavy (non-hydrogen) atoms. The smallest absolute Gasteiger partial charge is 0.356 e. The van der Waals surface area contributed by atoms with Crippen molar-refractivity contribution >= 4 is 69.0 Å². The van der Waals surface area contributed by atoms with E-state index in [-0.39, 0.29) is 5.70 Å². The monoisotopic (exact) mass is 806 g/mol. The number of nitrogens with zero attached hydrogens (tertiary/aromatic N) is 4. The Morgan fingerprint density at radius 2 is 1.71 bits per heavy atom. The highest BCUT2D eigenvalue weighted by atomic mass is 32.3. The molecule has 2 aliphatic heterocycles. The number of allylic oxidation sites excluding steroid dienone is 1. The average molecular weight is 807 g/mol. The van der Waals surface area contributed by atoms with Crippen LogP contribution < -0.4 is 15.2 Å². The first-order valence-electron chi connectivity index (χ1n) is 16.2. The zero-order chi connectivity index (χ0) is 39.5. The summed E-state index contributed by atoms with van der Waals surface area (Å²) in [5.74, 6) is -1.40. The standard InChI is InChI=1S/C35H30N6O6S2.CH4O4S/c1-3-22-19-48-33-28(32(44)41(33)29(22)34(45)46-30(23-11-6-4-7-12-23)24-13-8-5-9-14-24)39-27(43)17-37-47-31(25-15-10-16-40(2)18-25)26-20-49-35(38-26)36-21-42;1-5-6(2,3)4/h3-18,20-21,28,30-31,33H,1,19H2,2H3,(H-,36,38,39,42,43);1H3,(H,2,3,4)/t28?,31?,33-;/m1./s1. The summed E-state index contributed by atoms with van der Waals surface area (Å²) < 4.78 is 38.9. The number of oxime groups is 1. The summed E-state index contributed by atoms with van der Waals surface area (Å²) in [6.45, 7) is 3.85. The first kappa shape index (κ1) is 40.5. The second kappa shape index (κ2) is 18.5. The van der Waals surface area contributed by atoms with Gasteiger partial charge in [-0.2, -0.15) is 0 Å². The number of carbonyl (C=O) groups excluding carboxylic acids is 4. The molecular weight excluding hydrogens is 773 g/mol. The molecule has 2 aromatic heterocycles. The number of thioether (sulfide) groups is 1. The summed E-state index contributed by atoms with van der Waals surface area (Å²) in [6.07, 6.45) is 5.21. The molecule has 2 unspecified atom stereocenters. The van der Waals surface area contributed by atoms with Crippen LogP contribution in [0.2, 0.25) is 0 Å². The highest BCUT2D eigenvalue weighted by Gasteiger charge is 2.54. The lowest BCUT2D eigenvalue weighted by Gasteiger charge is -2.49. The maximum absolute atomic E-state index is 13.8. The Labute approximate surface area is 324 Å². The van der Waals surface area contributed by atoms with Crippen molar-refractivity contribution in [3.8, 4) is 0 Å². The number of carbonyl (C=O) groups is 4. The van der Waals surface area contributed by atoms with Crippen LogP contribution in [0.4, 0.5) is 5.13 Å². The van der Waals surface area contributed by atoms with E-state index in [1.165, 1.54) is 28.0 Å². The molecule has 0 radical (unpaired) electrons. The van der Waals surface area contributed by atoms with Gasteiger partial charge in [0.2, 0.25) is 22.9 Å². The maximum atomic E-state index is 13.8. The van der Waals surface area contributed by atoms with Crippen LogP contribution in [0.5, 0.6) is 0 Å². The summed E-state index contributed by atoms with van der Waals surface area (Å²) in [7, 11) is -1.75. The van der Waals surface area contributed by atoms with E-state index in [0.717, 1.165) is 24.5 Å². The van der Waals surface area contributed by atoms with Gasteiger partial charge in [-0.25, -0.2) is 22.8 Å². The third-order valence-corrected chi connectivity index (χ3v) is 10.4. The van der Waals surface area contributed by atoms with Crippen molar-refractivity contribution in [2.24, 2.45) is 12.2 Å². The fourth-order valence-corrected chi connectivity index (χ4v) is 7.46. The summed E-state index contributed by atoms with van der Waals surface area (Å²) in [6, 6.07) is 21.5. The number of amides is 3. The van der Waals surface area contributed by atoms with Gasteiger partial charge in [0.15, 0.2) is 23.6 Å². The van der Waals surface area contributed by atoms with Crippen LogP contribution in [0, 0.1) is 0 Å². The minimum absolute atomic E-state index is 0.105. The molecular formula is C36H34N6O10S3. The molecule has 1 saturated heterocycles. The molecule has 0 spiro atoms. The summed E-state index contributed by atoms with van der Waals surface area (Å²) in [5.41, 5.74) is 3.42. The molecule has 6 rings (SSSR count). The third-order valence-electron chi connectivity index (χ3n) is 7.94. The van der Waals surface area contributed by atoms with Gasteiger partial charge in [0, 0.05) is 17.2 Å². The average Bonchev–Trinajstić information content (AvgIpc) is 3.65. The molecule has 0 saturated carbocycles. The van der Waals surface area contributed by atoms with E-state index in [1.807, 2.05) is 96.8 Å². The van der Waals surface area contributed by atoms with Crippen molar-refractivity contribution in [2.75, 3.05) is 18.2 Å². The van der Waals surface area contributed by atoms with Crippen molar-refractivity contribution in [1.29, 1.82) is 0 Å². The SMILES string of the molecule is C=CC1=C(C(=O)OC(c2ccccc2)c2ccccc2)N2C(=O)C(NC(=O)C=NOC(c3ccc[n+](C)c3)c3csc(NC=O)n3)[C@H]2SC1.COS(=O)(=O)[O-]. The number of thiazole rings is 1. The Morgan fingerprint density at radius 1 is 1.07 bits per heavy atom. The molecule has 2 aliphatic rings. The zero-order valence-electron chi connectivity index (χ0n) is 29.2. The lowest BCUT2D eigenvalue weighted by Crippen LogP contribution is -2.70. The number of fused-ring (bicyclic) bond motifs is 1. The Hall–Kier alpha value is -5.73. The van der Waals surface area contributed by atoms with Crippen LogP contribution in [0.1, 0.15) is 34.6 Å². The molecule has 19 heteroatoms. The second-order valence-electron chi connectivity index (χ2n) is 11.5. The number of esters is 1. The van der Waals surface area contributed by atoms with Crippen LogP contribution in [0.3, 0.4) is 0 Å². The number of rotatable bonds is 14. The number of aryl methyl sites for hydroxylation is 1. The molecule has 1 fully saturated rings. The predicted octanol–water partition coefficient (Wildman–Crippen LogP) is 2.89. The Morgan fingerprint density at radius 3 is 2.29 bits per heavy atom. The second-order valence-corrected chi connectivity index (χ2v) is 14.6. The number of β-lactam (4-membered cyclic amide) rings is 1.